The van der Waals surface area contributed by atoms with Crippen molar-refractivity contribution in [3.63, 3.8) is 0 Å². The van der Waals surface area contributed by atoms with Gasteiger partial charge in [0.05, 0.1) is 5.02 Å². The van der Waals surface area contributed by atoms with E-state index < -0.39 is 11.9 Å². The van der Waals surface area contributed by atoms with Gasteiger partial charge in [-0.1, -0.05) is 35.9 Å². The average Bonchev–Trinajstić information content (AvgIpc) is 2.88. The molecule has 19 heavy (non-hydrogen) atoms. The van der Waals surface area contributed by atoms with Crippen LogP contribution in [-0.4, -0.2) is 5.11 Å². The van der Waals surface area contributed by atoms with Crippen molar-refractivity contribution >= 4 is 11.6 Å². The van der Waals surface area contributed by atoms with Crippen LogP contribution in [0, 0.1) is 5.82 Å². The number of aliphatic hydroxyl groups excluding tert-OH is 1. The van der Waals surface area contributed by atoms with Crippen LogP contribution in [0.5, 0.6) is 0 Å². The van der Waals surface area contributed by atoms with Crippen LogP contribution < -0.4 is 0 Å². The van der Waals surface area contributed by atoms with Crippen molar-refractivity contribution < 1.29 is 9.50 Å². The molecule has 1 aliphatic rings. The van der Waals surface area contributed by atoms with Gasteiger partial charge in [0.25, 0.3) is 0 Å². The minimum Gasteiger partial charge on any atom is -0.384 e. The molecule has 0 saturated carbocycles. The zero-order valence-electron chi connectivity index (χ0n) is 10.4. The van der Waals surface area contributed by atoms with Gasteiger partial charge in [-0.2, -0.15) is 0 Å². The predicted molar refractivity (Wildman–Crippen MR) is 73.9 cm³/mol. The van der Waals surface area contributed by atoms with Crippen LogP contribution in [0.25, 0.3) is 0 Å². The Balaban J connectivity index is 1.94. The second-order valence-electron chi connectivity index (χ2n) is 4.96. The lowest BCUT2D eigenvalue weighted by Crippen LogP contribution is -2.01. The molecule has 1 atom stereocenters. The molecule has 0 amide bonds. The van der Waals surface area contributed by atoms with Crippen LogP contribution in [0.2, 0.25) is 5.02 Å². The molecule has 1 N–H and O–H groups in total. The maximum absolute atomic E-state index is 13.4. The zero-order chi connectivity index (χ0) is 13.4. The molecule has 98 valence electrons. The first-order valence-corrected chi connectivity index (χ1v) is 6.77. The minimum atomic E-state index is -0.808. The van der Waals surface area contributed by atoms with Crippen molar-refractivity contribution in [2.24, 2.45) is 0 Å². The SMILES string of the molecule is OC(c1ccc(Cl)c(F)c1)c1ccc2c(c1)CCC2. The lowest BCUT2D eigenvalue weighted by atomic mass is 9.98. The molecule has 0 bridgehead atoms. The number of halogens is 2. The second kappa shape index (κ2) is 4.95. The Morgan fingerprint density at radius 2 is 1.68 bits per heavy atom. The first-order valence-electron chi connectivity index (χ1n) is 6.40. The van der Waals surface area contributed by atoms with Gasteiger partial charge in [-0.25, -0.2) is 4.39 Å². The van der Waals surface area contributed by atoms with Gasteiger partial charge >= 0.3 is 0 Å². The molecule has 0 heterocycles. The van der Waals surface area contributed by atoms with Crippen LogP contribution in [0.4, 0.5) is 4.39 Å². The molecule has 0 radical (unpaired) electrons. The molecular formula is C16H14ClFO. The average molecular weight is 277 g/mol. The third-order valence-electron chi connectivity index (χ3n) is 3.70. The highest BCUT2D eigenvalue weighted by Crippen LogP contribution is 2.29. The van der Waals surface area contributed by atoms with E-state index in [2.05, 4.69) is 6.07 Å². The van der Waals surface area contributed by atoms with Crippen LogP contribution in [0.1, 0.15) is 34.8 Å². The molecule has 3 rings (SSSR count). The van der Waals surface area contributed by atoms with E-state index in [1.54, 1.807) is 6.07 Å². The standard InChI is InChI=1S/C16H14ClFO/c17-14-7-6-13(9-15(14)18)16(19)12-5-4-10-2-1-3-11(10)8-12/h4-9,16,19H,1-3H2. The highest BCUT2D eigenvalue weighted by molar-refractivity contribution is 6.30. The van der Waals surface area contributed by atoms with Crippen molar-refractivity contribution in [3.05, 3.63) is 69.5 Å². The first-order chi connectivity index (χ1) is 9.15. The molecule has 2 aromatic rings. The molecule has 0 aromatic heterocycles. The third-order valence-corrected chi connectivity index (χ3v) is 4.00. The predicted octanol–water partition coefficient (Wildman–Crippen LogP) is 4.05. The topological polar surface area (TPSA) is 20.2 Å². The van der Waals surface area contributed by atoms with Gasteiger partial charge < -0.3 is 5.11 Å². The summed E-state index contributed by atoms with van der Waals surface area (Å²) in [5.41, 5.74) is 3.99. The highest BCUT2D eigenvalue weighted by atomic mass is 35.5. The smallest absolute Gasteiger partial charge is 0.142 e. The fourth-order valence-corrected chi connectivity index (χ4v) is 2.75. The first kappa shape index (κ1) is 12.6. The number of aryl methyl sites for hydroxylation is 2. The van der Waals surface area contributed by atoms with Gasteiger partial charge in [0, 0.05) is 0 Å². The van der Waals surface area contributed by atoms with Gasteiger partial charge in [0.15, 0.2) is 0 Å². The summed E-state index contributed by atoms with van der Waals surface area (Å²) in [5, 5.41) is 10.4. The lowest BCUT2D eigenvalue weighted by molar-refractivity contribution is 0.219. The van der Waals surface area contributed by atoms with Crippen molar-refractivity contribution in [1.82, 2.24) is 0 Å². The molecule has 3 heteroatoms. The number of benzene rings is 2. The van der Waals surface area contributed by atoms with Crippen LogP contribution in [0.15, 0.2) is 36.4 Å². The Morgan fingerprint density at radius 1 is 1.00 bits per heavy atom. The van der Waals surface area contributed by atoms with E-state index in [0.29, 0.717) is 5.56 Å². The summed E-state index contributed by atoms with van der Waals surface area (Å²) in [6.45, 7) is 0. The van der Waals surface area contributed by atoms with E-state index in [9.17, 15) is 9.50 Å². The van der Waals surface area contributed by atoms with Gasteiger partial charge in [0.1, 0.15) is 11.9 Å². The largest absolute Gasteiger partial charge is 0.384 e. The molecule has 0 aliphatic heterocycles. The van der Waals surface area contributed by atoms with E-state index >= 15 is 0 Å². The number of hydrogen-bond donors (Lipinski definition) is 1. The molecule has 0 spiro atoms. The molecule has 2 aromatic carbocycles. The van der Waals surface area contributed by atoms with Crippen molar-refractivity contribution in [3.8, 4) is 0 Å². The van der Waals surface area contributed by atoms with Gasteiger partial charge in [-0.05, 0) is 53.6 Å². The van der Waals surface area contributed by atoms with Crippen molar-refractivity contribution in [2.75, 3.05) is 0 Å². The Bertz CT molecular complexity index is 624. The normalized spacial score (nSPS) is 15.3. The molecule has 1 nitrogen and oxygen atoms in total. The van der Waals surface area contributed by atoms with Crippen molar-refractivity contribution in [1.29, 1.82) is 0 Å². The highest BCUT2D eigenvalue weighted by Gasteiger charge is 2.16. The van der Waals surface area contributed by atoms with E-state index in [1.165, 1.54) is 29.7 Å². The summed E-state index contributed by atoms with van der Waals surface area (Å²) >= 11 is 5.65. The van der Waals surface area contributed by atoms with E-state index in [4.69, 9.17) is 11.6 Å². The molecular weight excluding hydrogens is 263 g/mol. The van der Waals surface area contributed by atoms with Crippen molar-refractivity contribution in [2.45, 2.75) is 25.4 Å². The third kappa shape index (κ3) is 2.38. The summed E-state index contributed by atoms with van der Waals surface area (Å²) in [5.74, 6) is -0.501. The minimum absolute atomic E-state index is 0.0740. The Kier molecular flexibility index (Phi) is 3.29. The summed E-state index contributed by atoms with van der Waals surface area (Å²) in [6, 6.07) is 10.4. The zero-order valence-corrected chi connectivity index (χ0v) is 11.1. The lowest BCUT2D eigenvalue weighted by Gasteiger charge is -2.13. The number of rotatable bonds is 2. The van der Waals surface area contributed by atoms with E-state index in [-0.39, 0.29) is 5.02 Å². The van der Waals surface area contributed by atoms with E-state index in [0.717, 1.165) is 18.4 Å². The Morgan fingerprint density at radius 3 is 2.47 bits per heavy atom. The number of aliphatic hydroxyl groups is 1. The van der Waals surface area contributed by atoms with Gasteiger partial charge in [-0.15, -0.1) is 0 Å². The van der Waals surface area contributed by atoms with Crippen LogP contribution in [-0.2, 0) is 12.8 Å². The van der Waals surface area contributed by atoms with Gasteiger partial charge in [0.2, 0.25) is 0 Å². The van der Waals surface area contributed by atoms with Crippen LogP contribution >= 0.6 is 11.6 Å². The maximum atomic E-state index is 13.4. The second-order valence-corrected chi connectivity index (χ2v) is 5.36. The summed E-state index contributed by atoms with van der Waals surface area (Å²) in [4.78, 5) is 0. The van der Waals surface area contributed by atoms with Crippen LogP contribution in [0.3, 0.4) is 0 Å². The molecule has 1 aliphatic carbocycles. The van der Waals surface area contributed by atoms with Gasteiger partial charge in [-0.3, -0.25) is 0 Å². The fraction of sp³-hybridized carbons (Fsp3) is 0.250. The van der Waals surface area contributed by atoms with E-state index in [1.807, 2.05) is 12.1 Å². The summed E-state index contributed by atoms with van der Waals surface area (Å²) in [6.07, 6.45) is 2.54. The summed E-state index contributed by atoms with van der Waals surface area (Å²) < 4.78 is 13.4. The fourth-order valence-electron chi connectivity index (χ4n) is 2.64. The molecule has 1 unspecified atom stereocenters. The molecule has 0 saturated heterocycles. The monoisotopic (exact) mass is 276 g/mol. The number of hydrogen-bond acceptors (Lipinski definition) is 1. The summed E-state index contributed by atoms with van der Waals surface area (Å²) in [7, 11) is 0. The Labute approximate surface area is 116 Å². The molecule has 0 fully saturated rings. The Hall–Kier alpha value is -1.38. The quantitative estimate of drug-likeness (QED) is 0.877. The maximum Gasteiger partial charge on any atom is 0.142 e. The number of fused-ring (bicyclic) bond motifs is 1.